The number of rotatable bonds is 4. The lowest BCUT2D eigenvalue weighted by molar-refractivity contribution is 0.415. The zero-order valence-corrected chi connectivity index (χ0v) is 25.3. The summed E-state index contributed by atoms with van der Waals surface area (Å²) in [6.45, 7) is 8.46. The second-order valence-electron chi connectivity index (χ2n) is 11.6. The van der Waals surface area contributed by atoms with Crippen molar-refractivity contribution in [1.29, 1.82) is 0 Å². The minimum Gasteiger partial charge on any atom is -0.453 e. The van der Waals surface area contributed by atoms with Crippen molar-refractivity contribution in [2.24, 2.45) is 15.7 Å². The van der Waals surface area contributed by atoms with Crippen LogP contribution in [0.15, 0.2) is 130 Å². The summed E-state index contributed by atoms with van der Waals surface area (Å²) in [5.41, 5.74) is 14.8. The highest BCUT2D eigenvalue weighted by Crippen LogP contribution is 2.51. The van der Waals surface area contributed by atoms with E-state index in [-0.39, 0.29) is 5.41 Å². The second kappa shape index (κ2) is 10.7. The monoisotopic (exact) mass is 575 g/mol. The van der Waals surface area contributed by atoms with Crippen molar-refractivity contribution in [3.05, 3.63) is 149 Å². The molecule has 0 bridgehead atoms. The number of aliphatic imine (C=N–C) groups is 2. The molecule has 0 fully saturated rings. The molecule has 7 rings (SSSR count). The van der Waals surface area contributed by atoms with Crippen LogP contribution in [0.4, 0.5) is 0 Å². The van der Waals surface area contributed by atoms with Gasteiger partial charge in [0.25, 0.3) is 0 Å². The zero-order valence-electron chi connectivity index (χ0n) is 25.3. The van der Waals surface area contributed by atoms with Crippen LogP contribution < -0.4 is 10.5 Å². The fraction of sp³-hybridized carbons (Fsp3) is 0.128. The maximum atomic E-state index is 6.75. The van der Waals surface area contributed by atoms with Crippen molar-refractivity contribution >= 4 is 39.3 Å². The Kier molecular flexibility index (Phi) is 6.66. The Labute approximate surface area is 257 Å². The van der Waals surface area contributed by atoms with Crippen LogP contribution in [0.25, 0.3) is 27.6 Å². The molecule has 1 aliphatic rings. The van der Waals surface area contributed by atoms with E-state index in [4.69, 9.17) is 24.9 Å². The average molecular weight is 576 g/mol. The first kappa shape index (κ1) is 27.4. The van der Waals surface area contributed by atoms with Gasteiger partial charge in [-0.25, -0.2) is 9.98 Å². The van der Waals surface area contributed by atoms with E-state index in [0.717, 1.165) is 72.5 Å². The number of nitrogens with two attached hydrogens (primary N) is 1. The third-order valence-electron chi connectivity index (χ3n) is 8.52. The van der Waals surface area contributed by atoms with Gasteiger partial charge in [0.2, 0.25) is 0 Å². The lowest BCUT2D eigenvalue weighted by Crippen LogP contribution is -2.25. The van der Waals surface area contributed by atoms with Gasteiger partial charge in [-0.05, 0) is 43.2 Å². The number of nitrogens with zero attached hydrogens (tertiary/aromatic N) is 2. The SMILES string of the molecule is C/C=C(/N=C(N=C(N)c1ccc2c(c1)Oc1c(ccc3c1oc1ccccc13)C2(C)C)c1ccccc1C)c1ccccc1. The molecule has 0 radical (unpaired) electrons. The Morgan fingerprint density at radius 3 is 2.27 bits per heavy atom. The minimum atomic E-state index is -0.315. The van der Waals surface area contributed by atoms with Crippen LogP contribution >= 0.6 is 0 Å². The summed E-state index contributed by atoms with van der Waals surface area (Å²) in [4.78, 5) is 9.95. The number of ether oxygens (including phenoxy) is 1. The maximum absolute atomic E-state index is 6.75. The van der Waals surface area contributed by atoms with Gasteiger partial charge >= 0.3 is 0 Å². The molecule has 0 saturated heterocycles. The molecule has 216 valence electrons. The van der Waals surface area contributed by atoms with Crippen LogP contribution in [-0.2, 0) is 5.41 Å². The van der Waals surface area contributed by atoms with Gasteiger partial charge in [0.05, 0.1) is 5.70 Å². The summed E-state index contributed by atoms with van der Waals surface area (Å²) >= 11 is 0. The Hall–Kier alpha value is -5.42. The topological polar surface area (TPSA) is 73.1 Å². The van der Waals surface area contributed by atoms with Crippen molar-refractivity contribution < 1.29 is 9.15 Å². The number of benzene rings is 5. The highest BCUT2D eigenvalue weighted by Gasteiger charge is 2.36. The number of fused-ring (bicyclic) bond motifs is 6. The highest BCUT2D eigenvalue weighted by atomic mass is 16.5. The molecule has 1 aromatic heterocycles. The van der Waals surface area contributed by atoms with Gasteiger partial charge in [-0.1, -0.05) is 111 Å². The summed E-state index contributed by atoms with van der Waals surface area (Å²) < 4.78 is 13.0. The van der Waals surface area contributed by atoms with Gasteiger partial charge in [-0.3, -0.25) is 0 Å². The van der Waals surface area contributed by atoms with E-state index in [0.29, 0.717) is 11.7 Å². The number of furan rings is 1. The maximum Gasteiger partial charge on any atom is 0.178 e. The molecule has 0 spiro atoms. The van der Waals surface area contributed by atoms with Gasteiger partial charge < -0.3 is 14.9 Å². The normalized spacial score (nSPS) is 14.8. The molecule has 0 atom stereocenters. The third kappa shape index (κ3) is 4.58. The first-order chi connectivity index (χ1) is 21.3. The van der Waals surface area contributed by atoms with Crippen molar-refractivity contribution in [2.75, 3.05) is 0 Å². The standard InChI is InChI=1S/C39H33N3O2/c1-5-32(25-14-7-6-8-15-25)41-38(27-16-10-9-13-24(27)2)42-37(40)26-19-21-30-34(23-26)44-36-31(39(30,3)4)22-20-29-28-17-11-12-18-33(28)43-35(29)36/h5-23H,1-4H3,(H2,40,41,42)/b32-5+. The summed E-state index contributed by atoms with van der Waals surface area (Å²) in [6.07, 6.45) is 1.99. The smallest absolute Gasteiger partial charge is 0.178 e. The molecule has 5 aromatic carbocycles. The van der Waals surface area contributed by atoms with Gasteiger partial charge in [-0.15, -0.1) is 0 Å². The number of amidine groups is 2. The van der Waals surface area contributed by atoms with Crippen molar-refractivity contribution in [2.45, 2.75) is 33.1 Å². The Morgan fingerprint density at radius 2 is 1.48 bits per heavy atom. The number of aryl methyl sites for hydroxylation is 1. The first-order valence-corrected chi connectivity index (χ1v) is 14.8. The highest BCUT2D eigenvalue weighted by molar-refractivity contribution is 6.13. The summed E-state index contributed by atoms with van der Waals surface area (Å²) in [5, 5.41) is 2.11. The minimum absolute atomic E-state index is 0.315. The Bertz CT molecular complexity index is 2150. The molecule has 0 amide bonds. The van der Waals surface area contributed by atoms with E-state index < -0.39 is 0 Å². The van der Waals surface area contributed by atoms with Gasteiger partial charge in [0.1, 0.15) is 17.2 Å². The molecule has 0 unspecified atom stereocenters. The molecule has 1 aliphatic heterocycles. The Morgan fingerprint density at radius 1 is 0.750 bits per heavy atom. The van der Waals surface area contributed by atoms with Crippen LogP contribution in [0.1, 0.15) is 54.2 Å². The zero-order chi connectivity index (χ0) is 30.4. The fourth-order valence-electron chi connectivity index (χ4n) is 6.06. The van der Waals surface area contributed by atoms with Crippen molar-refractivity contribution in [3.8, 4) is 11.5 Å². The molecular formula is C39H33N3O2. The predicted molar refractivity (Wildman–Crippen MR) is 181 cm³/mol. The molecule has 2 N–H and O–H groups in total. The van der Waals surface area contributed by atoms with Crippen LogP contribution in [0.2, 0.25) is 0 Å². The largest absolute Gasteiger partial charge is 0.453 e. The van der Waals surface area contributed by atoms with E-state index in [1.165, 1.54) is 0 Å². The third-order valence-corrected chi connectivity index (χ3v) is 8.52. The number of hydrogen-bond acceptors (Lipinski definition) is 3. The van der Waals surface area contributed by atoms with Crippen LogP contribution in [0, 0.1) is 6.92 Å². The summed E-state index contributed by atoms with van der Waals surface area (Å²) in [6, 6.07) is 36.6. The number of allylic oxidation sites excluding steroid dienone is 1. The number of hydrogen-bond donors (Lipinski definition) is 1. The molecule has 5 nitrogen and oxygen atoms in total. The fourth-order valence-corrected chi connectivity index (χ4v) is 6.06. The number of para-hydroxylation sites is 1. The van der Waals surface area contributed by atoms with Crippen LogP contribution in [0.5, 0.6) is 11.5 Å². The average Bonchev–Trinajstić information content (AvgIpc) is 3.43. The Balaban J connectivity index is 1.33. The van der Waals surface area contributed by atoms with Crippen molar-refractivity contribution in [3.63, 3.8) is 0 Å². The summed E-state index contributed by atoms with van der Waals surface area (Å²) in [5.74, 6) is 2.38. The molecule has 0 aliphatic carbocycles. The quantitative estimate of drug-likeness (QED) is 0.168. The lowest BCUT2D eigenvalue weighted by Gasteiger charge is -2.34. The molecule has 44 heavy (non-hydrogen) atoms. The molecule has 2 heterocycles. The van der Waals surface area contributed by atoms with Crippen LogP contribution in [-0.4, -0.2) is 11.7 Å². The van der Waals surface area contributed by atoms with Crippen molar-refractivity contribution in [1.82, 2.24) is 0 Å². The van der Waals surface area contributed by atoms with E-state index in [1.807, 2.05) is 91.9 Å². The summed E-state index contributed by atoms with van der Waals surface area (Å²) in [7, 11) is 0. The van der Waals surface area contributed by atoms with E-state index >= 15 is 0 Å². The second-order valence-corrected chi connectivity index (χ2v) is 11.6. The van der Waals surface area contributed by atoms with Gasteiger partial charge in [0, 0.05) is 38.4 Å². The molecule has 0 saturated carbocycles. The van der Waals surface area contributed by atoms with E-state index in [9.17, 15) is 0 Å². The predicted octanol–water partition coefficient (Wildman–Crippen LogP) is 9.54. The lowest BCUT2D eigenvalue weighted by atomic mass is 9.75. The molecule has 6 aromatic rings. The van der Waals surface area contributed by atoms with Gasteiger partial charge in [-0.2, -0.15) is 0 Å². The molecular weight excluding hydrogens is 542 g/mol. The molecule has 5 heteroatoms. The van der Waals surface area contributed by atoms with Gasteiger partial charge in [0.15, 0.2) is 17.2 Å². The van der Waals surface area contributed by atoms with E-state index in [2.05, 4.69) is 51.1 Å². The van der Waals surface area contributed by atoms with Crippen LogP contribution in [0.3, 0.4) is 0 Å². The van der Waals surface area contributed by atoms with E-state index in [1.54, 1.807) is 0 Å². The first-order valence-electron chi connectivity index (χ1n) is 14.8.